The number of nitrogens with zero attached hydrogens (tertiary/aromatic N) is 4. The SMILES string of the molecule is OC1CCN(Cc2cnc3c(N4CCc5c(Br)cccc54)nccc3c2)C1. The molecule has 1 aromatic carbocycles. The molecule has 0 spiro atoms. The van der Waals surface area contributed by atoms with E-state index in [0.29, 0.717) is 0 Å². The minimum atomic E-state index is -0.191. The Morgan fingerprint density at radius 3 is 2.96 bits per heavy atom. The third-order valence-corrected chi connectivity index (χ3v) is 6.26. The summed E-state index contributed by atoms with van der Waals surface area (Å²) in [4.78, 5) is 14.0. The molecular weight excluding hydrogens is 404 g/mol. The monoisotopic (exact) mass is 424 g/mol. The smallest absolute Gasteiger partial charge is 0.159 e. The Hall–Kier alpha value is -2.02. The van der Waals surface area contributed by atoms with Crippen LogP contribution >= 0.6 is 15.9 Å². The maximum absolute atomic E-state index is 9.73. The van der Waals surface area contributed by atoms with Crippen LogP contribution in [0.15, 0.2) is 47.2 Å². The number of hydrogen-bond donors (Lipinski definition) is 1. The summed E-state index contributed by atoms with van der Waals surface area (Å²) in [5, 5.41) is 10.8. The average molecular weight is 425 g/mol. The van der Waals surface area contributed by atoms with Gasteiger partial charge in [-0.05, 0) is 48.2 Å². The van der Waals surface area contributed by atoms with Crippen LogP contribution in [0.3, 0.4) is 0 Å². The lowest BCUT2D eigenvalue weighted by Gasteiger charge is -2.20. The first-order valence-corrected chi connectivity index (χ1v) is 10.2. The predicted octanol–water partition coefficient (Wildman–Crippen LogP) is 3.65. The third-order valence-electron chi connectivity index (χ3n) is 5.52. The van der Waals surface area contributed by atoms with E-state index in [4.69, 9.17) is 4.98 Å². The summed E-state index contributed by atoms with van der Waals surface area (Å²) in [5.41, 5.74) is 4.66. The van der Waals surface area contributed by atoms with Crippen molar-refractivity contribution in [3.05, 3.63) is 58.3 Å². The van der Waals surface area contributed by atoms with Crippen LogP contribution in [0.1, 0.15) is 17.5 Å². The van der Waals surface area contributed by atoms with Crippen molar-refractivity contribution in [2.24, 2.45) is 0 Å². The lowest BCUT2D eigenvalue weighted by molar-refractivity contribution is 0.175. The molecule has 2 aliphatic heterocycles. The quantitative estimate of drug-likeness (QED) is 0.695. The molecule has 0 aliphatic carbocycles. The van der Waals surface area contributed by atoms with Gasteiger partial charge in [-0.2, -0.15) is 0 Å². The highest BCUT2D eigenvalue weighted by Gasteiger charge is 2.25. The highest BCUT2D eigenvalue weighted by molar-refractivity contribution is 9.10. The van der Waals surface area contributed by atoms with Gasteiger partial charge in [0.2, 0.25) is 0 Å². The molecule has 4 heterocycles. The van der Waals surface area contributed by atoms with Crippen molar-refractivity contribution in [2.45, 2.75) is 25.5 Å². The summed E-state index contributed by atoms with van der Waals surface area (Å²) in [6.07, 6.45) is 5.50. The van der Waals surface area contributed by atoms with Gasteiger partial charge >= 0.3 is 0 Å². The number of hydrogen-bond acceptors (Lipinski definition) is 5. The zero-order valence-corrected chi connectivity index (χ0v) is 16.6. The molecule has 1 saturated heterocycles. The number of rotatable bonds is 3. The number of aliphatic hydroxyl groups excluding tert-OH is 1. The largest absolute Gasteiger partial charge is 0.392 e. The molecule has 2 aliphatic rings. The van der Waals surface area contributed by atoms with E-state index in [-0.39, 0.29) is 6.10 Å². The molecule has 5 rings (SSSR count). The van der Waals surface area contributed by atoms with Crippen molar-refractivity contribution >= 4 is 38.3 Å². The molecule has 1 atom stereocenters. The maximum atomic E-state index is 9.73. The molecule has 5 nitrogen and oxygen atoms in total. The van der Waals surface area contributed by atoms with Gasteiger partial charge in [0.15, 0.2) is 5.82 Å². The fourth-order valence-corrected chi connectivity index (χ4v) is 4.75. The number of aromatic nitrogens is 2. The van der Waals surface area contributed by atoms with Crippen LogP contribution in [-0.2, 0) is 13.0 Å². The highest BCUT2D eigenvalue weighted by Crippen LogP contribution is 2.39. The summed E-state index contributed by atoms with van der Waals surface area (Å²) in [6, 6.07) is 10.6. The van der Waals surface area contributed by atoms with Gasteiger partial charge in [0.1, 0.15) is 5.52 Å². The Labute approximate surface area is 166 Å². The zero-order valence-electron chi connectivity index (χ0n) is 15.0. The van der Waals surface area contributed by atoms with Gasteiger partial charge < -0.3 is 10.0 Å². The van der Waals surface area contributed by atoms with Crippen molar-refractivity contribution in [3.63, 3.8) is 0 Å². The van der Waals surface area contributed by atoms with Crippen LogP contribution in [0.2, 0.25) is 0 Å². The number of anilines is 2. The molecule has 0 amide bonds. The number of pyridine rings is 2. The highest BCUT2D eigenvalue weighted by atomic mass is 79.9. The van der Waals surface area contributed by atoms with Gasteiger partial charge in [-0.15, -0.1) is 0 Å². The van der Waals surface area contributed by atoms with E-state index >= 15 is 0 Å². The van der Waals surface area contributed by atoms with Gasteiger partial charge in [-0.1, -0.05) is 22.0 Å². The van der Waals surface area contributed by atoms with Crippen molar-refractivity contribution in [1.29, 1.82) is 0 Å². The second-order valence-corrected chi connectivity index (χ2v) is 8.22. The molecule has 0 bridgehead atoms. The van der Waals surface area contributed by atoms with Gasteiger partial charge in [0.25, 0.3) is 0 Å². The number of likely N-dealkylation sites (tertiary alicyclic amines) is 1. The molecule has 1 fully saturated rings. The molecule has 1 N–H and O–H groups in total. The first kappa shape index (κ1) is 17.1. The summed E-state index contributed by atoms with van der Waals surface area (Å²) >= 11 is 3.67. The van der Waals surface area contributed by atoms with Gasteiger partial charge in [-0.3, -0.25) is 9.88 Å². The minimum Gasteiger partial charge on any atom is -0.392 e. The Kier molecular flexibility index (Phi) is 4.34. The van der Waals surface area contributed by atoms with Gasteiger partial charge in [0.05, 0.1) is 6.10 Å². The fraction of sp³-hybridized carbons (Fsp3) is 0.333. The van der Waals surface area contributed by atoms with Gasteiger partial charge in [-0.25, -0.2) is 4.98 Å². The Balaban J connectivity index is 1.49. The van der Waals surface area contributed by atoms with Crippen molar-refractivity contribution in [2.75, 3.05) is 24.5 Å². The number of β-amino-alcohol motifs (C(OH)–C–C–N with tert-alkyl or cyclic N) is 1. The lowest BCUT2D eigenvalue weighted by Crippen LogP contribution is -2.21. The molecule has 3 aromatic rings. The molecule has 0 saturated carbocycles. The Bertz CT molecular complexity index is 1010. The second-order valence-electron chi connectivity index (χ2n) is 7.37. The van der Waals surface area contributed by atoms with Crippen LogP contribution in [0, 0.1) is 0 Å². The Morgan fingerprint density at radius 2 is 2.11 bits per heavy atom. The minimum absolute atomic E-state index is 0.191. The number of fused-ring (bicyclic) bond motifs is 2. The summed E-state index contributed by atoms with van der Waals surface area (Å²) in [7, 11) is 0. The Morgan fingerprint density at radius 1 is 1.19 bits per heavy atom. The normalized spacial score (nSPS) is 19.8. The molecule has 6 heteroatoms. The molecular formula is C21H21BrN4O. The lowest BCUT2D eigenvalue weighted by atomic mass is 10.1. The summed E-state index contributed by atoms with van der Waals surface area (Å²) < 4.78 is 1.16. The summed E-state index contributed by atoms with van der Waals surface area (Å²) in [5.74, 6) is 0.924. The number of benzene rings is 1. The van der Waals surface area contributed by atoms with Crippen LogP contribution in [0.5, 0.6) is 0 Å². The average Bonchev–Trinajstić information content (AvgIpc) is 3.28. The third kappa shape index (κ3) is 3.12. The van der Waals surface area contributed by atoms with Gasteiger partial charge in [0, 0.05) is 54.1 Å². The molecule has 27 heavy (non-hydrogen) atoms. The molecule has 2 aromatic heterocycles. The number of halogens is 1. The first-order chi connectivity index (χ1) is 13.2. The molecule has 138 valence electrons. The van der Waals surface area contributed by atoms with E-state index in [1.807, 2.05) is 18.5 Å². The summed E-state index contributed by atoms with van der Waals surface area (Å²) in [6.45, 7) is 3.44. The van der Waals surface area contributed by atoms with Crippen LogP contribution < -0.4 is 4.90 Å². The molecule has 0 radical (unpaired) electrons. The maximum Gasteiger partial charge on any atom is 0.159 e. The fourth-order valence-electron chi connectivity index (χ4n) is 4.20. The van der Waals surface area contributed by atoms with E-state index in [0.717, 1.165) is 60.2 Å². The standard InChI is InChI=1S/C21H21BrN4O/c22-18-2-1-3-19-17(18)6-9-26(19)21-20-15(4-7-23-21)10-14(11-24-20)12-25-8-5-16(27)13-25/h1-4,7,10-11,16,27H,5-6,8-9,12-13H2. The predicted molar refractivity (Wildman–Crippen MR) is 110 cm³/mol. The van der Waals surface area contributed by atoms with E-state index in [9.17, 15) is 5.11 Å². The van der Waals surface area contributed by atoms with E-state index in [1.165, 1.54) is 16.8 Å². The van der Waals surface area contributed by atoms with E-state index in [2.05, 4.69) is 55.0 Å². The van der Waals surface area contributed by atoms with Crippen molar-refractivity contribution in [1.82, 2.24) is 14.9 Å². The zero-order chi connectivity index (χ0) is 18.4. The molecule has 1 unspecified atom stereocenters. The van der Waals surface area contributed by atoms with Crippen molar-refractivity contribution < 1.29 is 5.11 Å². The van der Waals surface area contributed by atoms with Crippen LogP contribution in [0.25, 0.3) is 10.9 Å². The van der Waals surface area contributed by atoms with E-state index < -0.39 is 0 Å². The topological polar surface area (TPSA) is 52.5 Å². The number of aliphatic hydroxyl groups is 1. The first-order valence-electron chi connectivity index (χ1n) is 9.38. The van der Waals surface area contributed by atoms with Crippen LogP contribution in [0.4, 0.5) is 11.5 Å². The second kappa shape index (κ2) is 6.86. The van der Waals surface area contributed by atoms with Crippen molar-refractivity contribution in [3.8, 4) is 0 Å². The van der Waals surface area contributed by atoms with Crippen LogP contribution in [-0.4, -0.2) is 45.7 Å². The van der Waals surface area contributed by atoms with E-state index in [1.54, 1.807) is 0 Å².